The molecule has 180 valence electrons. The normalized spacial score (nSPS) is 18.2. The van der Waals surface area contributed by atoms with Crippen molar-refractivity contribution < 1.29 is 14.6 Å². The minimum atomic E-state index is -1.01. The summed E-state index contributed by atoms with van der Waals surface area (Å²) in [5.74, 6) is 0.535. The number of hydrogen-bond acceptors (Lipinski definition) is 5. The number of ether oxygens (including phenoxy) is 1. The quantitative estimate of drug-likeness (QED) is 0.490. The first-order valence-corrected chi connectivity index (χ1v) is 11.6. The lowest BCUT2D eigenvalue weighted by Crippen LogP contribution is -2.54. The Hall–Kier alpha value is -3.86. The fraction of sp³-hybridized carbons (Fsp3) is 0.286. The van der Waals surface area contributed by atoms with E-state index in [4.69, 9.17) is 4.74 Å². The molecule has 0 spiro atoms. The van der Waals surface area contributed by atoms with Gasteiger partial charge < -0.3 is 20.5 Å². The van der Waals surface area contributed by atoms with Gasteiger partial charge in [-0.25, -0.2) is 4.79 Å². The van der Waals surface area contributed by atoms with Crippen molar-refractivity contribution in [2.24, 2.45) is 0 Å². The Morgan fingerprint density at radius 1 is 1.06 bits per heavy atom. The van der Waals surface area contributed by atoms with Crippen LogP contribution in [0.2, 0.25) is 0 Å². The van der Waals surface area contributed by atoms with Gasteiger partial charge in [-0.1, -0.05) is 42.5 Å². The highest BCUT2D eigenvalue weighted by Crippen LogP contribution is 2.40. The smallest absolute Gasteiger partial charge is 0.319 e. The molecular weight excluding hydrogens is 440 g/mol. The van der Waals surface area contributed by atoms with Crippen molar-refractivity contribution in [1.29, 1.82) is 5.26 Å². The highest BCUT2D eigenvalue weighted by atomic mass is 16.5. The van der Waals surface area contributed by atoms with Gasteiger partial charge in [-0.3, -0.25) is 4.90 Å². The van der Waals surface area contributed by atoms with Crippen LogP contribution in [0.3, 0.4) is 0 Å². The third kappa shape index (κ3) is 5.80. The lowest BCUT2D eigenvalue weighted by molar-refractivity contribution is -0.0618. The zero-order valence-electron chi connectivity index (χ0n) is 20.2. The Morgan fingerprint density at radius 3 is 2.51 bits per heavy atom. The second kappa shape index (κ2) is 10.2. The molecule has 1 aliphatic rings. The first-order chi connectivity index (χ1) is 16.7. The molecule has 2 amide bonds. The minimum absolute atomic E-state index is 0.429. The molecule has 0 saturated carbocycles. The number of nitrogens with one attached hydrogen (secondary N) is 2. The van der Waals surface area contributed by atoms with Gasteiger partial charge in [0.1, 0.15) is 17.5 Å². The van der Waals surface area contributed by atoms with E-state index < -0.39 is 23.8 Å². The molecule has 7 nitrogen and oxygen atoms in total. The third-order valence-corrected chi connectivity index (χ3v) is 6.09. The lowest BCUT2D eigenvalue weighted by Gasteiger charge is -2.42. The van der Waals surface area contributed by atoms with Crippen LogP contribution in [-0.4, -0.2) is 34.8 Å². The molecule has 3 aromatic rings. The first-order valence-electron chi connectivity index (χ1n) is 11.6. The molecule has 0 aromatic heterocycles. The van der Waals surface area contributed by atoms with Crippen molar-refractivity contribution in [3.8, 4) is 11.8 Å². The Balaban J connectivity index is 1.44. The summed E-state index contributed by atoms with van der Waals surface area (Å²) in [7, 11) is 2.06. The number of nitrogens with zero attached hydrogens (tertiary/aromatic N) is 2. The van der Waals surface area contributed by atoms with Gasteiger partial charge in [0.2, 0.25) is 0 Å². The van der Waals surface area contributed by atoms with Gasteiger partial charge in [0, 0.05) is 24.3 Å². The van der Waals surface area contributed by atoms with E-state index in [0.29, 0.717) is 22.6 Å². The summed E-state index contributed by atoms with van der Waals surface area (Å²) >= 11 is 0. The summed E-state index contributed by atoms with van der Waals surface area (Å²) in [6.45, 7) is 5.07. The monoisotopic (exact) mass is 470 g/mol. The van der Waals surface area contributed by atoms with Crippen LogP contribution in [0.15, 0.2) is 72.8 Å². The predicted octanol–water partition coefficient (Wildman–Crippen LogP) is 4.58. The number of aliphatic hydroxyl groups excluding tert-OH is 1. The number of anilines is 1. The summed E-state index contributed by atoms with van der Waals surface area (Å²) in [5.41, 5.74) is 3.04. The Kier molecular flexibility index (Phi) is 7.06. The highest BCUT2D eigenvalue weighted by molar-refractivity contribution is 5.89. The standard InChI is InChI=1S/C28H30N4O3/c1-28(2)26(33)25(23-15-20(16-29)12-13-24(23)35-28)31-27(34)30-22-11-7-10-21(14-22)18-32(3)17-19-8-5-4-6-9-19/h4-15,25-26,33H,17-18H2,1-3H3,(H2,30,31,34). The average molecular weight is 471 g/mol. The van der Waals surface area contributed by atoms with Crippen molar-refractivity contribution >= 4 is 11.7 Å². The highest BCUT2D eigenvalue weighted by Gasteiger charge is 2.43. The summed E-state index contributed by atoms with van der Waals surface area (Å²) in [5, 5.41) is 26.0. The van der Waals surface area contributed by atoms with Crippen molar-refractivity contribution in [2.75, 3.05) is 12.4 Å². The van der Waals surface area contributed by atoms with Crippen LogP contribution in [-0.2, 0) is 13.1 Å². The zero-order valence-corrected chi connectivity index (χ0v) is 20.2. The van der Waals surface area contributed by atoms with Crippen molar-refractivity contribution in [1.82, 2.24) is 10.2 Å². The number of hydrogen-bond donors (Lipinski definition) is 3. The SMILES string of the molecule is CN(Cc1ccccc1)Cc1cccc(NC(=O)NC2c3cc(C#N)ccc3OC(C)(C)C2O)c1. The topological polar surface area (TPSA) is 97.6 Å². The van der Waals surface area contributed by atoms with Gasteiger partial charge >= 0.3 is 6.03 Å². The van der Waals surface area contributed by atoms with Crippen LogP contribution in [0.5, 0.6) is 5.75 Å². The van der Waals surface area contributed by atoms with Crippen LogP contribution in [0.1, 0.15) is 42.1 Å². The molecule has 0 fully saturated rings. The van der Waals surface area contributed by atoms with Gasteiger partial charge in [-0.05, 0) is 62.4 Å². The molecule has 0 saturated heterocycles. The first kappa shape index (κ1) is 24.3. The summed E-state index contributed by atoms with van der Waals surface area (Å²) in [6.07, 6.45) is -1.01. The molecule has 2 unspecified atom stereocenters. The summed E-state index contributed by atoms with van der Waals surface area (Å²) < 4.78 is 5.92. The van der Waals surface area contributed by atoms with Crippen LogP contribution in [0.25, 0.3) is 0 Å². The fourth-order valence-corrected chi connectivity index (χ4v) is 4.34. The maximum absolute atomic E-state index is 12.9. The number of benzene rings is 3. The number of carbonyl (C=O) groups is 1. The molecule has 0 radical (unpaired) electrons. The molecule has 4 rings (SSSR count). The molecule has 7 heteroatoms. The minimum Gasteiger partial charge on any atom is -0.485 e. The molecule has 35 heavy (non-hydrogen) atoms. The summed E-state index contributed by atoms with van der Waals surface area (Å²) in [6, 6.07) is 23.9. The second-order valence-corrected chi connectivity index (χ2v) is 9.45. The lowest BCUT2D eigenvalue weighted by atomic mass is 9.86. The Bertz CT molecular complexity index is 1240. The van der Waals surface area contributed by atoms with E-state index in [0.717, 1.165) is 18.7 Å². The fourth-order valence-electron chi connectivity index (χ4n) is 4.34. The van der Waals surface area contributed by atoms with Crippen molar-refractivity contribution in [3.05, 3.63) is 95.1 Å². The molecule has 3 aromatic carbocycles. The number of fused-ring (bicyclic) bond motifs is 1. The van der Waals surface area contributed by atoms with Gasteiger partial charge in [-0.2, -0.15) is 5.26 Å². The summed E-state index contributed by atoms with van der Waals surface area (Å²) in [4.78, 5) is 15.1. The third-order valence-electron chi connectivity index (χ3n) is 6.09. The molecule has 2 atom stereocenters. The molecule has 0 aliphatic carbocycles. The van der Waals surface area contributed by atoms with E-state index in [1.54, 1.807) is 32.0 Å². The number of urea groups is 1. The van der Waals surface area contributed by atoms with Crippen molar-refractivity contribution in [2.45, 2.75) is 44.7 Å². The van der Waals surface area contributed by atoms with E-state index in [2.05, 4.69) is 40.8 Å². The van der Waals surface area contributed by atoms with E-state index >= 15 is 0 Å². The van der Waals surface area contributed by atoms with Crippen LogP contribution in [0, 0.1) is 11.3 Å². The molecule has 0 bridgehead atoms. The van der Waals surface area contributed by atoms with E-state index in [-0.39, 0.29) is 0 Å². The molecular formula is C28H30N4O3. The van der Waals surface area contributed by atoms with E-state index in [9.17, 15) is 15.2 Å². The molecule has 1 heterocycles. The van der Waals surface area contributed by atoms with Gasteiger partial charge in [-0.15, -0.1) is 0 Å². The largest absolute Gasteiger partial charge is 0.485 e. The maximum atomic E-state index is 12.9. The number of carbonyl (C=O) groups excluding carboxylic acids is 1. The maximum Gasteiger partial charge on any atom is 0.319 e. The Labute approximate surface area is 206 Å². The second-order valence-electron chi connectivity index (χ2n) is 9.45. The van der Waals surface area contributed by atoms with E-state index in [1.807, 2.05) is 42.5 Å². The predicted molar refractivity (Wildman–Crippen MR) is 135 cm³/mol. The van der Waals surface area contributed by atoms with Gasteiger partial charge in [0.25, 0.3) is 0 Å². The van der Waals surface area contributed by atoms with Gasteiger partial charge in [0.05, 0.1) is 17.7 Å². The zero-order chi connectivity index (χ0) is 25.0. The number of aliphatic hydroxyl groups is 1. The molecule has 1 aliphatic heterocycles. The number of nitriles is 1. The van der Waals surface area contributed by atoms with Crippen LogP contribution < -0.4 is 15.4 Å². The van der Waals surface area contributed by atoms with Crippen molar-refractivity contribution in [3.63, 3.8) is 0 Å². The number of amides is 2. The van der Waals surface area contributed by atoms with Crippen LogP contribution >= 0.6 is 0 Å². The molecule has 3 N–H and O–H groups in total. The average Bonchev–Trinajstić information content (AvgIpc) is 2.82. The van der Waals surface area contributed by atoms with Gasteiger partial charge in [0.15, 0.2) is 0 Å². The number of rotatable bonds is 6. The Morgan fingerprint density at radius 2 is 1.77 bits per heavy atom. The van der Waals surface area contributed by atoms with Crippen LogP contribution in [0.4, 0.5) is 10.5 Å². The van der Waals surface area contributed by atoms with E-state index in [1.165, 1.54) is 5.56 Å².